The molecular formula is C14H25N3O3. The molecule has 0 unspecified atom stereocenters. The molecule has 0 atom stereocenters. The van der Waals surface area contributed by atoms with Crippen LogP contribution in [0, 0.1) is 0 Å². The van der Waals surface area contributed by atoms with Crippen LogP contribution >= 0.6 is 0 Å². The predicted octanol–water partition coefficient (Wildman–Crippen LogP) is 0.819. The molecule has 0 aromatic rings. The molecule has 2 saturated heterocycles. The number of ether oxygens (including phenoxy) is 1. The molecule has 6 nitrogen and oxygen atoms in total. The van der Waals surface area contributed by atoms with Crippen molar-refractivity contribution in [3.63, 3.8) is 0 Å². The molecule has 0 aliphatic carbocycles. The number of rotatable bonds is 4. The number of urea groups is 1. The van der Waals surface area contributed by atoms with E-state index >= 15 is 0 Å². The van der Waals surface area contributed by atoms with Crippen LogP contribution in [0.2, 0.25) is 0 Å². The molecule has 2 fully saturated rings. The van der Waals surface area contributed by atoms with Gasteiger partial charge in [-0.1, -0.05) is 0 Å². The first-order chi connectivity index (χ1) is 9.48. The number of hydrogen-bond acceptors (Lipinski definition) is 3. The van der Waals surface area contributed by atoms with Gasteiger partial charge in [0, 0.05) is 32.6 Å². The van der Waals surface area contributed by atoms with Crippen molar-refractivity contribution in [2.45, 2.75) is 38.7 Å². The molecule has 3 amide bonds. The Balaban J connectivity index is 1.63. The Morgan fingerprint density at radius 3 is 2.85 bits per heavy atom. The van der Waals surface area contributed by atoms with Crippen LogP contribution in [0.1, 0.15) is 33.1 Å². The highest BCUT2D eigenvalue weighted by Crippen LogP contribution is 2.16. The average Bonchev–Trinajstić information content (AvgIpc) is 2.79. The lowest BCUT2D eigenvalue weighted by molar-refractivity contribution is -0.127. The van der Waals surface area contributed by atoms with Gasteiger partial charge in [0.25, 0.3) is 0 Å². The summed E-state index contributed by atoms with van der Waals surface area (Å²) in [5.74, 6) is 0.242. The number of nitrogens with one attached hydrogen (secondary N) is 1. The van der Waals surface area contributed by atoms with Crippen LogP contribution in [0.3, 0.4) is 0 Å². The van der Waals surface area contributed by atoms with Crippen LogP contribution in [0.5, 0.6) is 0 Å². The van der Waals surface area contributed by atoms with E-state index in [1.165, 1.54) is 0 Å². The third-order valence-electron chi connectivity index (χ3n) is 3.77. The maximum Gasteiger partial charge on any atom is 0.317 e. The van der Waals surface area contributed by atoms with Crippen LogP contribution in [0.4, 0.5) is 4.79 Å². The quantitative estimate of drug-likeness (QED) is 0.777. The zero-order valence-electron chi connectivity index (χ0n) is 12.5. The van der Waals surface area contributed by atoms with Crippen LogP contribution in [-0.4, -0.2) is 66.7 Å². The van der Waals surface area contributed by atoms with Gasteiger partial charge in [-0.2, -0.15) is 0 Å². The first kappa shape index (κ1) is 15.1. The largest absolute Gasteiger partial charge is 0.372 e. The number of morpholine rings is 1. The average molecular weight is 283 g/mol. The first-order valence-corrected chi connectivity index (χ1v) is 7.42. The van der Waals surface area contributed by atoms with Gasteiger partial charge in [-0.3, -0.25) is 4.79 Å². The van der Waals surface area contributed by atoms with Crippen molar-refractivity contribution < 1.29 is 14.3 Å². The maximum absolute atomic E-state index is 12.0. The number of carbonyl (C=O) groups excluding carboxylic acids is 2. The third-order valence-corrected chi connectivity index (χ3v) is 3.77. The second kappa shape index (κ2) is 6.43. The van der Waals surface area contributed by atoms with Crippen molar-refractivity contribution in [3.05, 3.63) is 0 Å². The lowest BCUT2D eigenvalue weighted by Crippen LogP contribution is -2.53. The minimum Gasteiger partial charge on any atom is -0.372 e. The van der Waals surface area contributed by atoms with Gasteiger partial charge in [-0.25, -0.2) is 4.79 Å². The summed E-state index contributed by atoms with van der Waals surface area (Å²) in [5, 5.41) is 2.92. The highest BCUT2D eigenvalue weighted by molar-refractivity contribution is 5.78. The van der Waals surface area contributed by atoms with Crippen LogP contribution in [-0.2, 0) is 9.53 Å². The van der Waals surface area contributed by atoms with Crippen LogP contribution < -0.4 is 5.32 Å². The van der Waals surface area contributed by atoms with Crippen LogP contribution in [0.25, 0.3) is 0 Å². The van der Waals surface area contributed by atoms with Crippen molar-refractivity contribution in [3.8, 4) is 0 Å². The molecule has 0 radical (unpaired) electrons. The van der Waals surface area contributed by atoms with Crippen molar-refractivity contribution in [2.24, 2.45) is 0 Å². The van der Waals surface area contributed by atoms with Gasteiger partial charge >= 0.3 is 6.03 Å². The summed E-state index contributed by atoms with van der Waals surface area (Å²) in [6.45, 7) is 8.04. The lowest BCUT2D eigenvalue weighted by atomic mass is 10.1. The number of hydrogen-bond donors (Lipinski definition) is 1. The van der Waals surface area contributed by atoms with E-state index in [0.717, 1.165) is 25.9 Å². The molecular weight excluding hydrogens is 258 g/mol. The molecule has 20 heavy (non-hydrogen) atoms. The number of amides is 3. The molecule has 0 aromatic carbocycles. The van der Waals surface area contributed by atoms with Crippen molar-refractivity contribution in [1.29, 1.82) is 0 Å². The van der Waals surface area contributed by atoms with Crippen molar-refractivity contribution in [1.82, 2.24) is 15.1 Å². The molecule has 2 aliphatic rings. The molecule has 6 heteroatoms. The third kappa shape index (κ3) is 4.10. The highest BCUT2D eigenvalue weighted by Gasteiger charge is 2.29. The van der Waals surface area contributed by atoms with Gasteiger partial charge in [0.1, 0.15) is 0 Å². The van der Waals surface area contributed by atoms with E-state index in [-0.39, 0.29) is 17.5 Å². The predicted molar refractivity (Wildman–Crippen MR) is 75.4 cm³/mol. The van der Waals surface area contributed by atoms with Crippen LogP contribution in [0.15, 0.2) is 0 Å². The molecule has 1 N–H and O–H groups in total. The van der Waals surface area contributed by atoms with E-state index in [4.69, 9.17) is 4.74 Å². The van der Waals surface area contributed by atoms with E-state index in [1.807, 2.05) is 18.7 Å². The molecule has 2 heterocycles. The Hall–Kier alpha value is -1.30. The second-order valence-electron chi connectivity index (χ2n) is 6.10. The zero-order chi connectivity index (χ0) is 14.6. The minimum absolute atomic E-state index is 0.0332. The number of carbonyl (C=O) groups is 2. The fraction of sp³-hybridized carbons (Fsp3) is 0.857. The monoisotopic (exact) mass is 283 g/mol. The maximum atomic E-state index is 12.0. The first-order valence-electron chi connectivity index (χ1n) is 7.42. The smallest absolute Gasteiger partial charge is 0.317 e. The van der Waals surface area contributed by atoms with E-state index in [1.54, 1.807) is 4.90 Å². The second-order valence-corrected chi connectivity index (χ2v) is 6.10. The Labute approximate surface area is 120 Å². The zero-order valence-corrected chi connectivity index (χ0v) is 12.5. The minimum atomic E-state index is -0.266. The Morgan fingerprint density at radius 1 is 1.40 bits per heavy atom. The van der Waals surface area contributed by atoms with E-state index in [0.29, 0.717) is 32.7 Å². The fourth-order valence-electron chi connectivity index (χ4n) is 2.71. The Bertz CT molecular complexity index is 371. The molecule has 0 bridgehead atoms. The topological polar surface area (TPSA) is 61.9 Å². The summed E-state index contributed by atoms with van der Waals surface area (Å²) in [6, 6.07) is -0.0332. The molecule has 0 aromatic heterocycles. The van der Waals surface area contributed by atoms with Gasteiger partial charge in [0.15, 0.2) is 0 Å². The summed E-state index contributed by atoms with van der Waals surface area (Å²) < 4.78 is 5.58. The summed E-state index contributed by atoms with van der Waals surface area (Å²) in [4.78, 5) is 27.1. The normalized spacial score (nSPS) is 22.2. The summed E-state index contributed by atoms with van der Waals surface area (Å²) in [5.41, 5.74) is -0.266. The fourth-order valence-corrected chi connectivity index (χ4v) is 2.71. The molecule has 0 saturated carbocycles. The molecule has 2 aliphatic heterocycles. The summed E-state index contributed by atoms with van der Waals surface area (Å²) in [7, 11) is 0. The number of nitrogens with zero attached hydrogens (tertiary/aromatic N) is 2. The molecule has 0 spiro atoms. The summed E-state index contributed by atoms with van der Waals surface area (Å²) >= 11 is 0. The Morgan fingerprint density at radius 2 is 2.20 bits per heavy atom. The standard InChI is InChI=1S/C14H25N3O3/c1-14(2)11-17(9-10-20-14)13(19)15-6-4-8-16-7-3-5-12(16)18/h3-11H2,1-2H3,(H,15,19). The van der Waals surface area contributed by atoms with E-state index in [9.17, 15) is 9.59 Å². The van der Waals surface area contributed by atoms with Gasteiger partial charge in [0.05, 0.1) is 18.8 Å². The molecule has 114 valence electrons. The van der Waals surface area contributed by atoms with Crippen molar-refractivity contribution >= 4 is 11.9 Å². The van der Waals surface area contributed by atoms with Gasteiger partial charge < -0.3 is 19.9 Å². The summed E-state index contributed by atoms with van der Waals surface area (Å²) in [6.07, 6.45) is 2.45. The molecule has 2 rings (SSSR count). The number of likely N-dealkylation sites (tertiary alicyclic amines) is 1. The lowest BCUT2D eigenvalue weighted by Gasteiger charge is -2.38. The van der Waals surface area contributed by atoms with Gasteiger partial charge in [0.2, 0.25) is 5.91 Å². The van der Waals surface area contributed by atoms with Crippen molar-refractivity contribution in [2.75, 3.05) is 39.3 Å². The van der Waals surface area contributed by atoms with Gasteiger partial charge in [-0.15, -0.1) is 0 Å². The Kier molecular flexibility index (Phi) is 4.86. The van der Waals surface area contributed by atoms with E-state index < -0.39 is 0 Å². The van der Waals surface area contributed by atoms with Gasteiger partial charge in [-0.05, 0) is 26.7 Å². The van der Waals surface area contributed by atoms with E-state index in [2.05, 4.69) is 5.32 Å². The highest BCUT2D eigenvalue weighted by atomic mass is 16.5. The SMILES string of the molecule is CC1(C)CN(C(=O)NCCCN2CCCC2=O)CCO1.